The lowest BCUT2D eigenvalue weighted by Crippen LogP contribution is -2.27. The maximum atomic E-state index is 6.06. The molecular weight excluding hydrogens is 430 g/mol. The summed E-state index contributed by atoms with van der Waals surface area (Å²) in [5.74, 6) is 0.531. The number of aryl methyl sites for hydroxylation is 1. The molecule has 1 aromatic carbocycles. The molecule has 1 aliphatic heterocycles. The number of aromatic nitrogens is 1. The molecule has 0 radical (unpaired) electrons. The SMILES string of the molecule is CCCCCCCCCC[C@H]1CO[C@H](c2ccc(-c3ccc(CCCCCCC)cc3)nc2)OC1. The van der Waals surface area contributed by atoms with Gasteiger partial charge in [-0.05, 0) is 30.9 Å². The lowest BCUT2D eigenvalue weighted by molar-refractivity contribution is -0.206. The number of nitrogens with zero attached hydrogens (tertiary/aromatic N) is 1. The second-order valence-corrected chi connectivity index (χ2v) is 10.5. The third-order valence-corrected chi connectivity index (χ3v) is 7.31. The minimum atomic E-state index is -0.276. The minimum absolute atomic E-state index is 0.276. The van der Waals surface area contributed by atoms with Gasteiger partial charge in [0.1, 0.15) is 0 Å². The molecule has 0 aliphatic carbocycles. The van der Waals surface area contributed by atoms with Crippen molar-refractivity contribution in [2.75, 3.05) is 13.2 Å². The normalized spacial score (nSPS) is 18.1. The Labute approximate surface area is 215 Å². The van der Waals surface area contributed by atoms with Gasteiger partial charge in [0.25, 0.3) is 0 Å². The summed E-state index contributed by atoms with van der Waals surface area (Å²) in [6.45, 7) is 6.13. The smallest absolute Gasteiger partial charge is 0.185 e. The van der Waals surface area contributed by atoms with E-state index in [0.29, 0.717) is 5.92 Å². The molecule has 0 bridgehead atoms. The fourth-order valence-electron chi connectivity index (χ4n) is 4.96. The average Bonchev–Trinajstić information content (AvgIpc) is 2.91. The van der Waals surface area contributed by atoms with Gasteiger partial charge in [-0.1, -0.05) is 121 Å². The third kappa shape index (κ3) is 10.4. The predicted octanol–water partition coefficient (Wildman–Crippen LogP) is 9.45. The van der Waals surface area contributed by atoms with Crippen LogP contribution in [0.15, 0.2) is 42.6 Å². The van der Waals surface area contributed by atoms with Gasteiger partial charge in [-0.25, -0.2) is 0 Å². The van der Waals surface area contributed by atoms with Crippen LogP contribution in [0.1, 0.15) is 121 Å². The Balaban J connectivity index is 1.34. The highest BCUT2D eigenvalue weighted by Crippen LogP contribution is 2.28. The second kappa shape index (κ2) is 16.9. The fourth-order valence-corrected chi connectivity index (χ4v) is 4.96. The van der Waals surface area contributed by atoms with Crippen LogP contribution >= 0.6 is 0 Å². The van der Waals surface area contributed by atoms with Gasteiger partial charge in [0.05, 0.1) is 18.9 Å². The standard InChI is InChI=1S/C32H49NO2/c1-3-5-7-9-10-11-13-15-17-28-25-34-32(35-26-28)30-22-23-31(33-24-30)29-20-18-27(19-21-29)16-14-12-8-6-4-2/h18-24,28,32H,3-17,25-26H2,1-2H3/t28-,32-. The van der Waals surface area contributed by atoms with Crippen LogP contribution in [-0.2, 0) is 15.9 Å². The highest BCUT2D eigenvalue weighted by molar-refractivity contribution is 5.59. The zero-order valence-electron chi connectivity index (χ0n) is 22.5. The molecule has 0 unspecified atom stereocenters. The van der Waals surface area contributed by atoms with Gasteiger partial charge in [0.15, 0.2) is 6.29 Å². The molecule has 0 saturated carbocycles. The van der Waals surface area contributed by atoms with Crippen LogP contribution in [0.5, 0.6) is 0 Å². The van der Waals surface area contributed by atoms with Crippen LogP contribution in [0.4, 0.5) is 0 Å². The number of hydrogen-bond acceptors (Lipinski definition) is 3. The van der Waals surface area contributed by atoms with Gasteiger partial charge in [-0.2, -0.15) is 0 Å². The first kappa shape index (κ1) is 27.9. The van der Waals surface area contributed by atoms with Crippen LogP contribution < -0.4 is 0 Å². The second-order valence-electron chi connectivity index (χ2n) is 10.5. The molecule has 2 heterocycles. The van der Waals surface area contributed by atoms with E-state index in [2.05, 4.69) is 50.2 Å². The van der Waals surface area contributed by atoms with Gasteiger partial charge < -0.3 is 9.47 Å². The monoisotopic (exact) mass is 479 g/mol. The van der Waals surface area contributed by atoms with E-state index in [1.54, 1.807) is 0 Å². The first-order chi connectivity index (χ1) is 17.3. The Kier molecular flexibility index (Phi) is 13.4. The maximum absolute atomic E-state index is 6.06. The van der Waals surface area contributed by atoms with Crippen LogP contribution in [0, 0.1) is 5.92 Å². The van der Waals surface area contributed by atoms with Gasteiger partial charge in [-0.15, -0.1) is 0 Å². The number of hydrogen-bond donors (Lipinski definition) is 0. The van der Waals surface area contributed by atoms with E-state index < -0.39 is 0 Å². The van der Waals surface area contributed by atoms with Crippen molar-refractivity contribution in [2.45, 2.75) is 116 Å². The van der Waals surface area contributed by atoms with E-state index >= 15 is 0 Å². The number of benzene rings is 1. The van der Waals surface area contributed by atoms with Crippen molar-refractivity contribution in [3.8, 4) is 11.3 Å². The molecule has 194 valence electrons. The summed E-state index contributed by atoms with van der Waals surface area (Å²) in [7, 11) is 0. The minimum Gasteiger partial charge on any atom is -0.348 e. The summed E-state index contributed by atoms with van der Waals surface area (Å²) in [5, 5.41) is 0. The molecule has 2 aromatic rings. The van der Waals surface area contributed by atoms with Crippen LogP contribution in [0.2, 0.25) is 0 Å². The van der Waals surface area contributed by atoms with E-state index in [1.807, 2.05) is 6.20 Å². The van der Waals surface area contributed by atoms with Crippen molar-refractivity contribution < 1.29 is 9.47 Å². The fraction of sp³-hybridized carbons (Fsp3) is 0.656. The summed E-state index contributed by atoms with van der Waals surface area (Å²) in [6.07, 6.45) is 21.6. The third-order valence-electron chi connectivity index (χ3n) is 7.31. The topological polar surface area (TPSA) is 31.4 Å². The predicted molar refractivity (Wildman–Crippen MR) is 147 cm³/mol. The van der Waals surface area contributed by atoms with E-state index in [-0.39, 0.29) is 6.29 Å². The summed E-state index contributed by atoms with van der Waals surface area (Å²) in [5.41, 5.74) is 4.61. The van der Waals surface area contributed by atoms with Gasteiger partial charge in [0, 0.05) is 23.2 Å². The molecule has 3 heteroatoms. The van der Waals surface area contributed by atoms with Gasteiger partial charge in [0.2, 0.25) is 0 Å². The number of unbranched alkanes of at least 4 members (excludes halogenated alkanes) is 11. The number of ether oxygens (including phenoxy) is 2. The summed E-state index contributed by atoms with van der Waals surface area (Å²) >= 11 is 0. The van der Waals surface area contributed by atoms with Crippen molar-refractivity contribution in [1.29, 1.82) is 0 Å². The van der Waals surface area contributed by atoms with Crippen molar-refractivity contribution >= 4 is 0 Å². The molecule has 3 rings (SSSR count). The quantitative estimate of drug-likeness (QED) is 0.212. The number of pyridine rings is 1. The van der Waals surface area contributed by atoms with Gasteiger partial charge in [-0.3, -0.25) is 4.98 Å². The molecule has 0 spiro atoms. The lowest BCUT2D eigenvalue weighted by atomic mass is 10.0. The summed E-state index contributed by atoms with van der Waals surface area (Å²) in [6, 6.07) is 13.1. The number of rotatable bonds is 17. The van der Waals surface area contributed by atoms with Crippen molar-refractivity contribution in [1.82, 2.24) is 4.98 Å². The zero-order valence-corrected chi connectivity index (χ0v) is 22.5. The van der Waals surface area contributed by atoms with E-state index in [4.69, 9.17) is 14.5 Å². The first-order valence-electron chi connectivity index (χ1n) is 14.6. The Morgan fingerprint density at radius 1 is 0.686 bits per heavy atom. The Hall–Kier alpha value is -1.71. The average molecular weight is 480 g/mol. The van der Waals surface area contributed by atoms with Crippen molar-refractivity contribution in [3.63, 3.8) is 0 Å². The Bertz CT molecular complexity index is 778. The Morgan fingerprint density at radius 2 is 1.29 bits per heavy atom. The van der Waals surface area contributed by atoms with Crippen LogP contribution in [0.25, 0.3) is 11.3 Å². The summed E-state index contributed by atoms with van der Waals surface area (Å²) < 4.78 is 12.1. The van der Waals surface area contributed by atoms with Crippen molar-refractivity contribution in [3.05, 3.63) is 53.7 Å². The molecule has 35 heavy (non-hydrogen) atoms. The van der Waals surface area contributed by atoms with Crippen LogP contribution in [0.3, 0.4) is 0 Å². The molecule has 0 N–H and O–H groups in total. The lowest BCUT2D eigenvalue weighted by Gasteiger charge is -2.29. The summed E-state index contributed by atoms with van der Waals surface area (Å²) in [4.78, 5) is 4.71. The molecule has 0 amide bonds. The zero-order chi connectivity index (χ0) is 24.6. The van der Waals surface area contributed by atoms with Crippen LogP contribution in [-0.4, -0.2) is 18.2 Å². The molecule has 1 fully saturated rings. The Morgan fingerprint density at radius 3 is 1.89 bits per heavy atom. The molecule has 1 saturated heterocycles. The molecule has 0 atom stereocenters. The maximum Gasteiger partial charge on any atom is 0.185 e. The van der Waals surface area contributed by atoms with E-state index in [9.17, 15) is 0 Å². The molecular formula is C32H49NO2. The van der Waals surface area contributed by atoms with Crippen molar-refractivity contribution in [2.24, 2.45) is 5.92 Å². The molecule has 3 nitrogen and oxygen atoms in total. The van der Waals surface area contributed by atoms with E-state index in [0.717, 1.165) is 24.5 Å². The molecule has 1 aliphatic rings. The largest absolute Gasteiger partial charge is 0.348 e. The first-order valence-corrected chi connectivity index (χ1v) is 14.6. The highest BCUT2D eigenvalue weighted by Gasteiger charge is 2.23. The van der Waals surface area contributed by atoms with Gasteiger partial charge >= 0.3 is 0 Å². The highest BCUT2D eigenvalue weighted by atomic mass is 16.7. The molecule has 1 aromatic heterocycles. The van der Waals surface area contributed by atoms with E-state index in [1.165, 1.54) is 107 Å².